The van der Waals surface area contributed by atoms with Crippen molar-refractivity contribution in [2.24, 2.45) is 5.92 Å². The molecule has 1 aliphatic heterocycles. The largest absolute Gasteiger partial charge is 0.383 e. The van der Waals surface area contributed by atoms with Gasteiger partial charge in [0.05, 0.1) is 6.61 Å². The van der Waals surface area contributed by atoms with Crippen LogP contribution in [0.4, 0.5) is 0 Å². The minimum atomic E-state index is 0.178. The Labute approximate surface area is 138 Å². The first kappa shape index (κ1) is 17.8. The second-order valence-corrected chi connectivity index (χ2v) is 6.24. The molecule has 1 aliphatic rings. The first-order chi connectivity index (χ1) is 11.1. The molecular weight excluding hydrogens is 292 g/mol. The number of carbonyl (C=O) groups excluding carboxylic acids is 1. The summed E-state index contributed by atoms with van der Waals surface area (Å²) in [5.74, 6) is 0.652. The van der Waals surface area contributed by atoms with Crippen molar-refractivity contribution in [3.63, 3.8) is 0 Å². The summed E-state index contributed by atoms with van der Waals surface area (Å²) in [5.41, 5.74) is 7.53. The summed E-state index contributed by atoms with van der Waals surface area (Å²) in [7, 11) is 1.66. The van der Waals surface area contributed by atoms with Gasteiger partial charge in [-0.25, -0.2) is 0 Å². The van der Waals surface area contributed by atoms with Crippen molar-refractivity contribution in [3.05, 3.63) is 30.1 Å². The Balaban J connectivity index is 1.90. The molecule has 2 N–H and O–H groups in total. The van der Waals surface area contributed by atoms with Crippen LogP contribution in [-0.2, 0) is 16.1 Å². The Kier molecular flexibility index (Phi) is 6.95. The lowest BCUT2D eigenvalue weighted by atomic mass is 9.91. The maximum absolute atomic E-state index is 12.6. The molecule has 2 rings (SSSR count). The summed E-state index contributed by atoms with van der Waals surface area (Å²) >= 11 is 0. The molecule has 6 nitrogen and oxygen atoms in total. The highest BCUT2D eigenvalue weighted by Gasteiger charge is 2.30. The van der Waals surface area contributed by atoms with Crippen LogP contribution in [0.25, 0.3) is 0 Å². The lowest BCUT2D eigenvalue weighted by Crippen LogP contribution is -2.34. The van der Waals surface area contributed by atoms with Crippen molar-refractivity contribution in [2.45, 2.75) is 45.3 Å². The standard InChI is InChI=1S/C17H28N4O2/c1-13-16(14(2)20-19-13)6-7-17(22)21(9-10-23-3)12-15-5-4-8-18-11-15/h4-5,8,11,13-14,16,19-20H,6-7,9-10,12H2,1-3H3. The van der Waals surface area contributed by atoms with Crippen molar-refractivity contribution in [1.29, 1.82) is 0 Å². The van der Waals surface area contributed by atoms with Crippen LogP contribution in [0.15, 0.2) is 24.5 Å². The van der Waals surface area contributed by atoms with Gasteiger partial charge in [0.15, 0.2) is 0 Å². The molecule has 0 aromatic carbocycles. The molecule has 0 saturated carbocycles. The van der Waals surface area contributed by atoms with Gasteiger partial charge in [-0.05, 0) is 37.8 Å². The van der Waals surface area contributed by atoms with E-state index < -0.39 is 0 Å². The smallest absolute Gasteiger partial charge is 0.222 e. The summed E-state index contributed by atoms with van der Waals surface area (Å²) in [6.07, 6.45) is 5.00. The van der Waals surface area contributed by atoms with E-state index in [0.29, 0.717) is 44.1 Å². The van der Waals surface area contributed by atoms with E-state index in [1.54, 1.807) is 13.3 Å². The fourth-order valence-corrected chi connectivity index (χ4v) is 3.06. The van der Waals surface area contributed by atoms with Gasteiger partial charge in [-0.1, -0.05) is 6.07 Å². The van der Waals surface area contributed by atoms with Gasteiger partial charge in [0, 0.05) is 51.1 Å². The summed E-state index contributed by atoms with van der Waals surface area (Å²) in [6.45, 7) is 6.05. The zero-order valence-electron chi connectivity index (χ0n) is 14.3. The van der Waals surface area contributed by atoms with Crippen LogP contribution in [0.3, 0.4) is 0 Å². The number of nitrogens with zero attached hydrogens (tertiary/aromatic N) is 2. The molecule has 0 bridgehead atoms. The summed E-state index contributed by atoms with van der Waals surface area (Å²) in [6, 6.07) is 4.68. The van der Waals surface area contributed by atoms with E-state index >= 15 is 0 Å². The number of amides is 1. The first-order valence-corrected chi connectivity index (χ1v) is 8.28. The Morgan fingerprint density at radius 1 is 1.35 bits per heavy atom. The molecular formula is C17H28N4O2. The number of nitrogens with one attached hydrogen (secondary N) is 2. The Hall–Kier alpha value is -1.50. The van der Waals surface area contributed by atoms with Gasteiger partial charge >= 0.3 is 0 Å². The number of hydrogen-bond acceptors (Lipinski definition) is 5. The van der Waals surface area contributed by atoms with E-state index in [1.807, 2.05) is 23.2 Å². The van der Waals surface area contributed by atoms with Crippen LogP contribution in [0.2, 0.25) is 0 Å². The highest BCUT2D eigenvalue weighted by atomic mass is 16.5. The van der Waals surface area contributed by atoms with Crippen LogP contribution in [0.1, 0.15) is 32.3 Å². The molecule has 0 radical (unpaired) electrons. The Morgan fingerprint density at radius 3 is 2.70 bits per heavy atom. The number of rotatable bonds is 8. The molecule has 23 heavy (non-hydrogen) atoms. The van der Waals surface area contributed by atoms with Gasteiger partial charge < -0.3 is 9.64 Å². The lowest BCUT2D eigenvalue weighted by Gasteiger charge is -2.24. The topological polar surface area (TPSA) is 66.5 Å². The highest BCUT2D eigenvalue weighted by molar-refractivity contribution is 5.76. The molecule has 128 valence electrons. The van der Waals surface area contributed by atoms with Crippen molar-refractivity contribution < 1.29 is 9.53 Å². The van der Waals surface area contributed by atoms with E-state index in [9.17, 15) is 4.79 Å². The third-order valence-electron chi connectivity index (χ3n) is 4.53. The number of hydrogen-bond donors (Lipinski definition) is 2. The molecule has 1 amide bonds. The van der Waals surface area contributed by atoms with E-state index in [0.717, 1.165) is 12.0 Å². The maximum atomic E-state index is 12.6. The fourth-order valence-electron chi connectivity index (χ4n) is 3.06. The minimum Gasteiger partial charge on any atom is -0.383 e. The summed E-state index contributed by atoms with van der Waals surface area (Å²) in [5, 5.41) is 0. The third-order valence-corrected chi connectivity index (χ3v) is 4.53. The number of pyridine rings is 1. The summed E-state index contributed by atoms with van der Waals surface area (Å²) < 4.78 is 5.14. The Morgan fingerprint density at radius 2 is 2.09 bits per heavy atom. The molecule has 0 spiro atoms. The molecule has 2 atom stereocenters. The van der Waals surface area contributed by atoms with Crippen molar-refractivity contribution in [2.75, 3.05) is 20.3 Å². The lowest BCUT2D eigenvalue weighted by molar-refractivity contribution is -0.132. The summed E-state index contributed by atoms with van der Waals surface area (Å²) in [4.78, 5) is 18.6. The minimum absolute atomic E-state index is 0.178. The molecule has 2 unspecified atom stereocenters. The van der Waals surface area contributed by atoms with Crippen LogP contribution in [0, 0.1) is 5.92 Å². The van der Waals surface area contributed by atoms with Gasteiger partial charge in [0.25, 0.3) is 0 Å². The van der Waals surface area contributed by atoms with Gasteiger partial charge in [-0.2, -0.15) is 0 Å². The average molecular weight is 320 g/mol. The number of ether oxygens (including phenoxy) is 1. The quantitative estimate of drug-likeness (QED) is 0.757. The molecule has 1 saturated heterocycles. The van der Waals surface area contributed by atoms with E-state index in [4.69, 9.17) is 4.74 Å². The first-order valence-electron chi connectivity index (χ1n) is 8.28. The molecule has 1 aromatic heterocycles. The van der Waals surface area contributed by atoms with Gasteiger partial charge in [0.1, 0.15) is 0 Å². The van der Waals surface area contributed by atoms with Gasteiger partial charge in [0.2, 0.25) is 5.91 Å². The van der Waals surface area contributed by atoms with Gasteiger partial charge in [-0.3, -0.25) is 20.6 Å². The second kappa shape index (κ2) is 8.96. The van der Waals surface area contributed by atoms with Crippen LogP contribution in [-0.4, -0.2) is 48.1 Å². The maximum Gasteiger partial charge on any atom is 0.222 e. The van der Waals surface area contributed by atoms with E-state index in [1.165, 1.54) is 0 Å². The average Bonchev–Trinajstić information content (AvgIpc) is 2.88. The predicted octanol–water partition coefficient (Wildman–Crippen LogP) is 1.34. The molecule has 6 heteroatoms. The monoisotopic (exact) mass is 320 g/mol. The molecule has 0 aliphatic carbocycles. The Bertz CT molecular complexity index is 473. The molecule has 1 aromatic rings. The van der Waals surface area contributed by atoms with Crippen LogP contribution < -0.4 is 10.9 Å². The second-order valence-electron chi connectivity index (χ2n) is 6.24. The zero-order chi connectivity index (χ0) is 16.7. The molecule has 1 fully saturated rings. The zero-order valence-corrected chi connectivity index (χ0v) is 14.3. The number of methoxy groups -OCH3 is 1. The van der Waals surface area contributed by atoms with E-state index in [-0.39, 0.29) is 5.91 Å². The van der Waals surface area contributed by atoms with Gasteiger partial charge in [-0.15, -0.1) is 0 Å². The van der Waals surface area contributed by atoms with Crippen molar-refractivity contribution >= 4 is 5.91 Å². The van der Waals surface area contributed by atoms with E-state index in [2.05, 4.69) is 29.7 Å². The number of aromatic nitrogens is 1. The van der Waals surface area contributed by atoms with Crippen molar-refractivity contribution in [1.82, 2.24) is 20.7 Å². The van der Waals surface area contributed by atoms with Crippen LogP contribution in [0.5, 0.6) is 0 Å². The van der Waals surface area contributed by atoms with Crippen LogP contribution >= 0.6 is 0 Å². The van der Waals surface area contributed by atoms with Crippen molar-refractivity contribution in [3.8, 4) is 0 Å². The number of carbonyl (C=O) groups is 1. The SMILES string of the molecule is COCCN(Cc1cccnc1)C(=O)CCC1C(C)NNC1C. The number of hydrazine groups is 1. The highest BCUT2D eigenvalue weighted by Crippen LogP contribution is 2.21. The molecule has 2 heterocycles. The predicted molar refractivity (Wildman–Crippen MR) is 89.4 cm³/mol. The normalized spacial score (nSPS) is 23.9. The third kappa shape index (κ3) is 5.27. The fraction of sp³-hybridized carbons (Fsp3) is 0.647.